The fourth-order valence-corrected chi connectivity index (χ4v) is 5.80. The van der Waals surface area contributed by atoms with Crippen LogP contribution in [0.2, 0.25) is 0 Å². The number of amides is 1. The molecule has 0 radical (unpaired) electrons. The summed E-state index contributed by atoms with van der Waals surface area (Å²) < 4.78 is 11.4. The molecule has 0 unspecified atom stereocenters. The van der Waals surface area contributed by atoms with Gasteiger partial charge in [-0.05, 0) is 74.8 Å². The molecule has 4 nitrogen and oxygen atoms in total. The second-order valence-electron chi connectivity index (χ2n) is 8.35. The van der Waals surface area contributed by atoms with Crippen LogP contribution in [0, 0.1) is 17.8 Å². The fraction of sp³-hybridized carbons (Fsp3) is 0.667. The minimum absolute atomic E-state index is 0.0311. The van der Waals surface area contributed by atoms with Crippen molar-refractivity contribution >= 4 is 5.91 Å². The van der Waals surface area contributed by atoms with Crippen molar-refractivity contribution in [3.05, 3.63) is 24.3 Å². The molecule has 4 aliphatic rings. The maximum Gasteiger partial charge on any atom is 0.261 e. The van der Waals surface area contributed by atoms with Gasteiger partial charge >= 0.3 is 0 Å². The van der Waals surface area contributed by atoms with Crippen molar-refractivity contribution in [3.63, 3.8) is 0 Å². The summed E-state index contributed by atoms with van der Waals surface area (Å²) in [6, 6.07) is 7.53. The predicted molar refractivity (Wildman–Crippen MR) is 96.7 cm³/mol. The lowest BCUT2D eigenvalue weighted by atomic mass is 9.53. The van der Waals surface area contributed by atoms with Gasteiger partial charge in [-0.3, -0.25) is 4.79 Å². The van der Waals surface area contributed by atoms with Crippen LogP contribution in [-0.4, -0.2) is 24.7 Å². The highest BCUT2D eigenvalue weighted by Gasteiger charge is 2.51. The highest BCUT2D eigenvalue weighted by atomic mass is 16.5. The van der Waals surface area contributed by atoms with Crippen molar-refractivity contribution in [1.82, 2.24) is 5.32 Å². The Hall–Kier alpha value is -1.71. The van der Waals surface area contributed by atoms with E-state index in [4.69, 9.17) is 9.47 Å². The molecule has 1 N–H and O–H groups in total. The van der Waals surface area contributed by atoms with Crippen LogP contribution >= 0.6 is 0 Å². The Kier molecular flexibility index (Phi) is 4.38. The average Bonchev–Trinajstić information content (AvgIpc) is 2.58. The van der Waals surface area contributed by atoms with Gasteiger partial charge < -0.3 is 14.8 Å². The van der Waals surface area contributed by atoms with Gasteiger partial charge in [0.25, 0.3) is 5.91 Å². The van der Waals surface area contributed by atoms with Crippen LogP contribution < -0.4 is 14.8 Å². The third-order valence-corrected chi connectivity index (χ3v) is 6.43. The quantitative estimate of drug-likeness (QED) is 0.851. The van der Waals surface area contributed by atoms with Gasteiger partial charge in [0.2, 0.25) is 0 Å². The molecular formula is C21H29NO3. The fourth-order valence-electron chi connectivity index (χ4n) is 5.80. The molecular weight excluding hydrogens is 314 g/mol. The first kappa shape index (κ1) is 16.7. The van der Waals surface area contributed by atoms with E-state index in [1.54, 1.807) is 7.11 Å². The Labute approximate surface area is 150 Å². The molecule has 1 atom stereocenters. The SMILES string of the molecule is CC[C@@H](Oc1ccccc1OC)C(=O)NC12CC3CC(CC(C3)C1)C2. The van der Waals surface area contributed by atoms with Gasteiger partial charge in [0.15, 0.2) is 17.6 Å². The maximum absolute atomic E-state index is 13.0. The molecule has 0 aliphatic heterocycles. The standard InChI is InChI=1S/C21H29NO3/c1-3-17(25-19-7-5-4-6-18(19)24-2)20(23)22-21-11-14-8-15(12-21)10-16(9-14)13-21/h4-7,14-17H,3,8-13H2,1-2H3,(H,22,23)/t14?,15?,16?,17-,21?/m1/s1. The van der Waals surface area contributed by atoms with Crippen LogP contribution in [0.1, 0.15) is 51.9 Å². The van der Waals surface area contributed by atoms with E-state index in [1.165, 1.54) is 19.3 Å². The number of carbonyl (C=O) groups is 1. The number of para-hydroxylation sites is 2. The Bertz CT molecular complexity index is 606. The lowest BCUT2D eigenvalue weighted by Gasteiger charge is -2.57. The van der Waals surface area contributed by atoms with Crippen molar-refractivity contribution in [2.24, 2.45) is 17.8 Å². The smallest absolute Gasteiger partial charge is 0.261 e. The van der Waals surface area contributed by atoms with E-state index in [-0.39, 0.29) is 11.4 Å². The molecule has 0 saturated heterocycles. The minimum Gasteiger partial charge on any atom is -0.493 e. The van der Waals surface area contributed by atoms with Crippen molar-refractivity contribution in [2.45, 2.75) is 63.5 Å². The first-order valence-corrected chi connectivity index (χ1v) is 9.72. The number of methoxy groups -OCH3 is 1. The number of hydrogen-bond acceptors (Lipinski definition) is 3. The zero-order chi connectivity index (χ0) is 17.4. The highest BCUT2D eigenvalue weighted by Crippen LogP contribution is 2.55. The molecule has 0 heterocycles. The van der Waals surface area contributed by atoms with E-state index in [9.17, 15) is 4.79 Å². The summed E-state index contributed by atoms with van der Waals surface area (Å²) in [6.07, 6.45) is 7.81. The topological polar surface area (TPSA) is 47.6 Å². The molecule has 4 heteroatoms. The van der Waals surface area contributed by atoms with Crippen LogP contribution in [0.5, 0.6) is 11.5 Å². The maximum atomic E-state index is 13.0. The molecule has 136 valence electrons. The number of ether oxygens (including phenoxy) is 2. The lowest BCUT2D eigenvalue weighted by Crippen LogP contribution is -2.61. The van der Waals surface area contributed by atoms with Crippen molar-refractivity contribution in [1.29, 1.82) is 0 Å². The van der Waals surface area contributed by atoms with E-state index >= 15 is 0 Å². The third kappa shape index (κ3) is 3.23. The largest absolute Gasteiger partial charge is 0.493 e. The van der Waals surface area contributed by atoms with E-state index in [2.05, 4.69) is 5.32 Å². The van der Waals surface area contributed by atoms with Gasteiger partial charge in [-0.25, -0.2) is 0 Å². The zero-order valence-corrected chi connectivity index (χ0v) is 15.3. The highest BCUT2D eigenvalue weighted by molar-refractivity contribution is 5.82. The summed E-state index contributed by atoms with van der Waals surface area (Å²) in [6.45, 7) is 2.00. The molecule has 4 aliphatic carbocycles. The molecule has 1 aromatic rings. The summed E-state index contributed by atoms with van der Waals surface area (Å²) >= 11 is 0. The van der Waals surface area contributed by atoms with Gasteiger partial charge in [0, 0.05) is 5.54 Å². The summed E-state index contributed by atoms with van der Waals surface area (Å²) in [7, 11) is 1.62. The van der Waals surface area contributed by atoms with Crippen LogP contribution in [-0.2, 0) is 4.79 Å². The van der Waals surface area contributed by atoms with Crippen LogP contribution in [0.3, 0.4) is 0 Å². The number of carbonyl (C=O) groups excluding carboxylic acids is 1. The minimum atomic E-state index is -0.468. The molecule has 4 saturated carbocycles. The summed E-state index contributed by atoms with van der Waals surface area (Å²) in [5.74, 6) is 3.81. The number of hydrogen-bond donors (Lipinski definition) is 1. The van der Waals surface area contributed by atoms with E-state index in [1.807, 2.05) is 31.2 Å². The van der Waals surface area contributed by atoms with Gasteiger partial charge in [0.1, 0.15) is 0 Å². The number of nitrogens with one attached hydrogen (secondary N) is 1. The van der Waals surface area contributed by atoms with Gasteiger partial charge in [-0.1, -0.05) is 19.1 Å². The Morgan fingerprint density at radius 1 is 1.12 bits per heavy atom. The second-order valence-corrected chi connectivity index (χ2v) is 8.35. The van der Waals surface area contributed by atoms with Crippen molar-refractivity contribution in [2.75, 3.05) is 7.11 Å². The molecule has 1 aromatic carbocycles. The van der Waals surface area contributed by atoms with Gasteiger partial charge in [-0.15, -0.1) is 0 Å². The molecule has 4 fully saturated rings. The van der Waals surface area contributed by atoms with Crippen molar-refractivity contribution in [3.8, 4) is 11.5 Å². The van der Waals surface area contributed by atoms with Gasteiger partial charge in [0.05, 0.1) is 7.11 Å². The number of benzene rings is 1. The van der Waals surface area contributed by atoms with E-state index < -0.39 is 6.10 Å². The summed E-state index contributed by atoms with van der Waals surface area (Å²) in [5.41, 5.74) is 0.0311. The van der Waals surface area contributed by atoms with Gasteiger partial charge in [-0.2, -0.15) is 0 Å². The first-order chi connectivity index (χ1) is 12.1. The third-order valence-electron chi connectivity index (χ3n) is 6.43. The van der Waals surface area contributed by atoms with Crippen LogP contribution in [0.15, 0.2) is 24.3 Å². The predicted octanol–water partition coefficient (Wildman–Crippen LogP) is 3.94. The summed E-state index contributed by atoms with van der Waals surface area (Å²) in [4.78, 5) is 13.0. The second kappa shape index (κ2) is 6.54. The average molecular weight is 343 g/mol. The normalized spacial score (nSPS) is 33.8. The molecule has 25 heavy (non-hydrogen) atoms. The lowest BCUT2D eigenvalue weighted by molar-refractivity contribution is -0.134. The summed E-state index contributed by atoms with van der Waals surface area (Å²) in [5, 5.41) is 3.43. The molecule has 4 bridgehead atoms. The van der Waals surface area contributed by atoms with Crippen LogP contribution in [0.25, 0.3) is 0 Å². The Morgan fingerprint density at radius 3 is 2.20 bits per heavy atom. The number of rotatable bonds is 6. The molecule has 1 amide bonds. The Balaban J connectivity index is 1.46. The Morgan fingerprint density at radius 2 is 1.68 bits per heavy atom. The van der Waals surface area contributed by atoms with E-state index in [0.717, 1.165) is 37.0 Å². The van der Waals surface area contributed by atoms with Crippen molar-refractivity contribution < 1.29 is 14.3 Å². The van der Waals surface area contributed by atoms with E-state index in [0.29, 0.717) is 17.9 Å². The zero-order valence-electron chi connectivity index (χ0n) is 15.3. The molecule has 0 aromatic heterocycles. The van der Waals surface area contributed by atoms with Crippen LogP contribution in [0.4, 0.5) is 0 Å². The molecule has 5 rings (SSSR count). The molecule has 0 spiro atoms. The first-order valence-electron chi connectivity index (χ1n) is 9.72. The monoisotopic (exact) mass is 343 g/mol.